The molecule has 2 N–H and O–H groups in total. The molecule has 5 heteroatoms. The molecule has 2 unspecified atom stereocenters. The molecule has 1 aromatic rings. The molecule has 0 aliphatic heterocycles. The molecule has 1 aromatic heterocycles. The molecular weight excluding hydrogens is 232 g/mol. The fraction of sp³-hybridized carbons (Fsp3) is 0.538. The first-order valence-corrected chi connectivity index (χ1v) is 5.98. The number of nitrogens with one attached hydrogen (secondary N) is 1. The van der Waals surface area contributed by atoms with Crippen molar-refractivity contribution in [2.24, 2.45) is 0 Å². The zero-order chi connectivity index (χ0) is 13.3. The van der Waals surface area contributed by atoms with Crippen molar-refractivity contribution in [3.63, 3.8) is 0 Å². The average Bonchev–Trinajstić information content (AvgIpc) is 2.53. The summed E-state index contributed by atoms with van der Waals surface area (Å²) in [5.41, 5.74) is 1.13. The van der Waals surface area contributed by atoms with Crippen LogP contribution in [0.2, 0.25) is 0 Å². The Kier molecular flexibility index (Phi) is 3.26. The normalized spacial score (nSPS) is 22.4. The first-order chi connectivity index (χ1) is 8.37. The van der Waals surface area contributed by atoms with E-state index in [1.807, 2.05) is 12.1 Å². The number of alkyl carbamates (subject to hydrolysis) is 1. The highest BCUT2D eigenvalue weighted by Gasteiger charge is 2.34. The summed E-state index contributed by atoms with van der Waals surface area (Å²) in [6.07, 6.45) is 0.970. The number of amides is 1. The standard InChI is InChI=1S/C13H18N2O3/c1-13(2,3)18-12(17)15-11-9(16)7-8-5-4-6-14-10(8)11/h4-6,9,11,16H,7H2,1-3H3,(H,15,17). The van der Waals surface area contributed by atoms with Crippen molar-refractivity contribution in [1.29, 1.82) is 0 Å². The largest absolute Gasteiger partial charge is 0.444 e. The van der Waals surface area contributed by atoms with Gasteiger partial charge in [0.05, 0.1) is 11.8 Å². The zero-order valence-corrected chi connectivity index (χ0v) is 10.8. The van der Waals surface area contributed by atoms with E-state index in [1.165, 1.54) is 0 Å². The predicted molar refractivity (Wildman–Crippen MR) is 66.1 cm³/mol. The summed E-state index contributed by atoms with van der Waals surface area (Å²) in [6.45, 7) is 5.39. The topological polar surface area (TPSA) is 71.5 Å². The number of ether oxygens (including phenoxy) is 1. The summed E-state index contributed by atoms with van der Waals surface area (Å²) < 4.78 is 5.17. The van der Waals surface area contributed by atoms with E-state index in [0.717, 1.165) is 11.3 Å². The van der Waals surface area contributed by atoms with Gasteiger partial charge >= 0.3 is 6.09 Å². The van der Waals surface area contributed by atoms with E-state index in [9.17, 15) is 9.90 Å². The average molecular weight is 250 g/mol. The minimum Gasteiger partial charge on any atom is -0.444 e. The lowest BCUT2D eigenvalue weighted by Gasteiger charge is -2.23. The first kappa shape index (κ1) is 12.8. The lowest BCUT2D eigenvalue weighted by molar-refractivity contribution is 0.0435. The van der Waals surface area contributed by atoms with Gasteiger partial charge in [-0.25, -0.2) is 4.79 Å². The monoisotopic (exact) mass is 250 g/mol. The van der Waals surface area contributed by atoms with Gasteiger partial charge in [0.15, 0.2) is 0 Å². The number of fused-ring (bicyclic) bond motifs is 1. The Bertz CT molecular complexity index is 454. The van der Waals surface area contributed by atoms with E-state index in [4.69, 9.17) is 4.74 Å². The van der Waals surface area contributed by atoms with Crippen LogP contribution in [0.4, 0.5) is 4.79 Å². The van der Waals surface area contributed by atoms with Crippen molar-refractivity contribution in [3.8, 4) is 0 Å². The number of aliphatic hydroxyl groups excluding tert-OH is 1. The maximum atomic E-state index is 11.7. The number of hydrogen-bond acceptors (Lipinski definition) is 4. The van der Waals surface area contributed by atoms with Gasteiger partial charge < -0.3 is 15.2 Å². The Morgan fingerprint density at radius 3 is 2.94 bits per heavy atom. The van der Waals surface area contributed by atoms with E-state index < -0.39 is 23.8 Å². The van der Waals surface area contributed by atoms with Gasteiger partial charge in [-0.05, 0) is 32.4 Å². The number of carbonyl (C=O) groups is 1. The van der Waals surface area contributed by atoms with Crippen LogP contribution >= 0.6 is 0 Å². The summed E-state index contributed by atoms with van der Waals surface area (Å²) in [5.74, 6) is 0. The summed E-state index contributed by atoms with van der Waals surface area (Å²) in [6, 6.07) is 3.24. The Balaban J connectivity index is 2.08. The number of rotatable bonds is 1. The van der Waals surface area contributed by atoms with Crippen molar-refractivity contribution in [1.82, 2.24) is 10.3 Å². The second-order valence-corrected chi connectivity index (χ2v) is 5.44. The van der Waals surface area contributed by atoms with Crippen molar-refractivity contribution < 1.29 is 14.6 Å². The van der Waals surface area contributed by atoms with Crippen LogP contribution in [0.1, 0.15) is 38.1 Å². The molecule has 1 aliphatic carbocycles. The number of nitrogens with zero attached hydrogens (tertiary/aromatic N) is 1. The number of hydrogen-bond donors (Lipinski definition) is 2. The molecule has 5 nitrogen and oxygen atoms in total. The van der Waals surface area contributed by atoms with Crippen LogP contribution in [-0.4, -0.2) is 27.9 Å². The molecule has 18 heavy (non-hydrogen) atoms. The summed E-state index contributed by atoms with van der Waals surface area (Å²) >= 11 is 0. The maximum Gasteiger partial charge on any atom is 0.408 e. The molecule has 0 saturated heterocycles. The highest BCUT2D eigenvalue weighted by Crippen LogP contribution is 2.29. The van der Waals surface area contributed by atoms with Crippen LogP contribution in [0, 0.1) is 0 Å². The Morgan fingerprint density at radius 2 is 2.28 bits per heavy atom. The van der Waals surface area contributed by atoms with E-state index in [2.05, 4.69) is 10.3 Å². The number of aliphatic hydroxyl groups is 1. The SMILES string of the molecule is CC(C)(C)OC(=O)NC1c2ncccc2CC1O. The zero-order valence-electron chi connectivity index (χ0n) is 10.8. The quantitative estimate of drug-likeness (QED) is 0.793. The smallest absolute Gasteiger partial charge is 0.408 e. The molecule has 98 valence electrons. The third kappa shape index (κ3) is 2.79. The second-order valence-electron chi connectivity index (χ2n) is 5.44. The minimum absolute atomic E-state index is 0.490. The lowest BCUT2D eigenvalue weighted by atomic mass is 10.2. The van der Waals surface area contributed by atoms with Crippen molar-refractivity contribution in [2.75, 3.05) is 0 Å². The van der Waals surface area contributed by atoms with Crippen molar-refractivity contribution in [3.05, 3.63) is 29.6 Å². The van der Waals surface area contributed by atoms with Gasteiger partial charge in [-0.2, -0.15) is 0 Å². The van der Waals surface area contributed by atoms with E-state index in [-0.39, 0.29) is 0 Å². The number of aromatic nitrogens is 1. The molecule has 0 spiro atoms. The summed E-state index contributed by atoms with van der Waals surface area (Å²) in [4.78, 5) is 15.9. The molecule has 0 bridgehead atoms. The van der Waals surface area contributed by atoms with Gasteiger partial charge in [0.1, 0.15) is 11.6 Å². The first-order valence-electron chi connectivity index (χ1n) is 5.98. The Morgan fingerprint density at radius 1 is 1.56 bits per heavy atom. The Hall–Kier alpha value is -1.62. The molecule has 1 aliphatic rings. The lowest BCUT2D eigenvalue weighted by Crippen LogP contribution is -2.38. The third-order valence-electron chi connectivity index (χ3n) is 2.71. The van der Waals surface area contributed by atoms with Gasteiger partial charge in [0.25, 0.3) is 0 Å². The van der Waals surface area contributed by atoms with Gasteiger partial charge in [-0.15, -0.1) is 0 Å². The maximum absolute atomic E-state index is 11.7. The van der Waals surface area contributed by atoms with Crippen LogP contribution in [0.15, 0.2) is 18.3 Å². The summed E-state index contributed by atoms with van der Waals surface area (Å²) in [7, 11) is 0. The van der Waals surface area contributed by atoms with E-state index >= 15 is 0 Å². The van der Waals surface area contributed by atoms with Gasteiger partial charge in [0, 0.05) is 12.6 Å². The van der Waals surface area contributed by atoms with Crippen LogP contribution in [0.5, 0.6) is 0 Å². The van der Waals surface area contributed by atoms with Crippen LogP contribution in [0.25, 0.3) is 0 Å². The summed E-state index contributed by atoms with van der Waals surface area (Å²) in [5, 5.41) is 12.6. The van der Waals surface area contributed by atoms with Crippen LogP contribution in [0.3, 0.4) is 0 Å². The molecule has 1 amide bonds. The van der Waals surface area contributed by atoms with Crippen LogP contribution < -0.4 is 5.32 Å². The highest BCUT2D eigenvalue weighted by atomic mass is 16.6. The van der Waals surface area contributed by atoms with Gasteiger partial charge in [0.2, 0.25) is 0 Å². The highest BCUT2D eigenvalue weighted by molar-refractivity contribution is 5.68. The molecular formula is C13H18N2O3. The fourth-order valence-electron chi connectivity index (χ4n) is 2.03. The van der Waals surface area contributed by atoms with Crippen molar-refractivity contribution >= 4 is 6.09 Å². The second kappa shape index (κ2) is 4.57. The molecule has 0 fully saturated rings. The van der Waals surface area contributed by atoms with Crippen molar-refractivity contribution in [2.45, 2.75) is 44.9 Å². The molecule has 0 aromatic carbocycles. The third-order valence-corrected chi connectivity index (χ3v) is 2.71. The van der Waals surface area contributed by atoms with Gasteiger partial charge in [-0.3, -0.25) is 4.98 Å². The van der Waals surface area contributed by atoms with E-state index in [0.29, 0.717) is 6.42 Å². The fourth-order valence-corrected chi connectivity index (χ4v) is 2.03. The molecule has 0 saturated carbocycles. The molecule has 2 atom stereocenters. The predicted octanol–water partition coefficient (Wildman–Crippen LogP) is 1.56. The molecule has 2 rings (SSSR count). The Labute approximate surface area is 106 Å². The van der Waals surface area contributed by atoms with Crippen LogP contribution in [-0.2, 0) is 11.2 Å². The van der Waals surface area contributed by atoms with Gasteiger partial charge in [-0.1, -0.05) is 6.07 Å². The van der Waals surface area contributed by atoms with E-state index in [1.54, 1.807) is 27.0 Å². The number of carbonyl (C=O) groups excluding carboxylic acids is 1. The molecule has 0 radical (unpaired) electrons. The number of pyridine rings is 1. The molecule has 1 heterocycles. The minimum atomic E-state index is -0.651.